The van der Waals surface area contributed by atoms with Crippen molar-refractivity contribution in [3.8, 4) is 0 Å². The average Bonchev–Trinajstić information content (AvgIpc) is 2.32. The quantitative estimate of drug-likeness (QED) is 0.582. The van der Waals surface area contributed by atoms with Crippen LogP contribution in [0.2, 0.25) is 0 Å². The molecule has 0 atom stereocenters. The van der Waals surface area contributed by atoms with E-state index in [1.807, 2.05) is 0 Å². The van der Waals surface area contributed by atoms with Gasteiger partial charge >= 0.3 is 6.09 Å². The Kier molecular flexibility index (Phi) is 5.52. The number of hydrogen-bond acceptors (Lipinski definition) is 4. The summed E-state index contributed by atoms with van der Waals surface area (Å²) in [4.78, 5) is 23.1. The predicted molar refractivity (Wildman–Crippen MR) is 77.4 cm³/mol. The number of anilines is 1. The minimum absolute atomic E-state index is 0.0626. The summed E-state index contributed by atoms with van der Waals surface area (Å²) in [7, 11) is 0. The van der Waals surface area contributed by atoms with E-state index in [4.69, 9.17) is 10.5 Å². The van der Waals surface area contributed by atoms with Gasteiger partial charge in [0.1, 0.15) is 11.4 Å². The highest BCUT2D eigenvalue weighted by atomic mass is 19.1. The summed E-state index contributed by atoms with van der Waals surface area (Å²) in [6, 6.07) is 3.54. The molecule has 4 N–H and O–H groups in total. The summed E-state index contributed by atoms with van der Waals surface area (Å²) in [5.41, 5.74) is 5.23. The lowest BCUT2D eigenvalue weighted by Crippen LogP contribution is -2.38. The highest BCUT2D eigenvalue weighted by Crippen LogP contribution is 2.12. The van der Waals surface area contributed by atoms with Gasteiger partial charge in [0.15, 0.2) is 0 Å². The molecule has 7 heteroatoms. The number of halogens is 1. The van der Waals surface area contributed by atoms with Crippen molar-refractivity contribution in [1.29, 1.82) is 0 Å². The van der Waals surface area contributed by atoms with Gasteiger partial charge in [-0.25, -0.2) is 9.18 Å². The van der Waals surface area contributed by atoms with Gasteiger partial charge in [0.2, 0.25) is 0 Å². The summed E-state index contributed by atoms with van der Waals surface area (Å²) in [6.45, 7) is 5.68. The van der Waals surface area contributed by atoms with Crippen molar-refractivity contribution in [1.82, 2.24) is 10.6 Å². The third-order valence-electron chi connectivity index (χ3n) is 2.34. The summed E-state index contributed by atoms with van der Waals surface area (Å²) in [5, 5.41) is 5.07. The Hall–Kier alpha value is -2.31. The standard InChI is InChI=1S/C14H20FN3O3/c1-14(2,3)21-13(20)18-7-6-17-12(19)10-5-4-9(15)8-11(10)16/h4-5,8H,6-7,16H2,1-3H3,(H,17,19)(H,18,20). The third-order valence-corrected chi connectivity index (χ3v) is 2.34. The van der Waals surface area contributed by atoms with Crippen LogP contribution < -0.4 is 16.4 Å². The summed E-state index contributed by atoms with van der Waals surface area (Å²) in [5.74, 6) is -0.936. The van der Waals surface area contributed by atoms with E-state index in [1.54, 1.807) is 20.8 Å². The zero-order valence-corrected chi connectivity index (χ0v) is 12.3. The second kappa shape index (κ2) is 6.92. The van der Waals surface area contributed by atoms with Crippen molar-refractivity contribution in [2.45, 2.75) is 26.4 Å². The maximum atomic E-state index is 12.9. The number of rotatable bonds is 4. The number of ether oxygens (including phenoxy) is 1. The van der Waals surface area contributed by atoms with Crippen molar-refractivity contribution >= 4 is 17.7 Å². The maximum Gasteiger partial charge on any atom is 0.407 e. The molecule has 1 rings (SSSR count). The van der Waals surface area contributed by atoms with E-state index in [1.165, 1.54) is 6.07 Å². The van der Waals surface area contributed by atoms with Crippen LogP contribution in [0, 0.1) is 5.82 Å². The largest absolute Gasteiger partial charge is 0.444 e. The van der Waals surface area contributed by atoms with Gasteiger partial charge in [0.25, 0.3) is 5.91 Å². The third kappa shape index (κ3) is 6.11. The molecule has 0 aliphatic carbocycles. The van der Waals surface area contributed by atoms with E-state index in [0.29, 0.717) is 0 Å². The topological polar surface area (TPSA) is 93.5 Å². The highest BCUT2D eigenvalue weighted by Gasteiger charge is 2.15. The Bertz CT molecular complexity index is 527. The van der Waals surface area contributed by atoms with E-state index in [-0.39, 0.29) is 24.3 Å². The van der Waals surface area contributed by atoms with Crippen molar-refractivity contribution in [2.24, 2.45) is 0 Å². The van der Waals surface area contributed by atoms with Crippen molar-refractivity contribution in [3.63, 3.8) is 0 Å². The van der Waals surface area contributed by atoms with E-state index in [9.17, 15) is 14.0 Å². The molecular weight excluding hydrogens is 277 g/mol. The van der Waals surface area contributed by atoms with Gasteiger partial charge in [0.05, 0.1) is 5.56 Å². The number of carbonyl (C=O) groups is 2. The lowest BCUT2D eigenvalue weighted by atomic mass is 10.1. The molecule has 1 aromatic carbocycles. The molecule has 0 radical (unpaired) electrons. The number of alkyl carbamates (subject to hydrolysis) is 1. The van der Waals surface area contributed by atoms with Crippen LogP contribution in [-0.2, 0) is 4.74 Å². The normalized spacial score (nSPS) is 10.9. The first-order chi connectivity index (χ1) is 9.69. The molecule has 0 aromatic heterocycles. The Morgan fingerprint density at radius 1 is 1.24 bits per heavy atom. The number of benzene rings is 1. The fraction of sp³-hybridized carbons (Fsp3) is 0.429. The fourth-order valence-electron chi connectivity index (χ4n) is 1.49. The van der Waals surface area contributed by atoms with Gasteiger partial charge in [-0.3, -0.25) is 4.79 Å². The lowest BCUT2D eigenvalue weighted by molar-refractivity contribution is 0.0526. The minimum Gasteiger partial charge on any atom is -0.444 e. The van der Waals surface area contributed by atoms with Gasteiger partial charge in [-0.1, -0.05) is 0 Å². The molecule has 0 heterocycles. The lowest BCUT2D eigenvalue weighted by Gasteiger charge is -2.19. The molecule has 2 amide bonds. The number of amides is 2. The molecule has 0 aliphatic heterocycles. The van der Waals surface area contributed by atoms with E-state index in [2.05, 4.69) is 10.6 Å². The Balaban J connectivity index is 2.36. The van der Waals surface area contributed by atoms with Crippen LogP contribution in [0.4, 0.5) is 14.9 Å². The van der Waals surface area contributed by atoms with Crippen LogP contribution in [0.3, 0.4) is 0 Å². The van der Waals surface area contributed by atoms with Crippen molar-refractivity contribution in [2.75, 3.05) is 18.8 Å². The molecule has 116 valence electrons. The molecule has 0 saturated heterocycles. The molecule has 0 aliphatic rings. The number of carbonyl (C=O) groups excluding carboxylic acids is 2. The molecule has 0 bridgehead atoms. The monoisotopic (exact) mass is 297 g/mol. The van der Waals surface area contributed by atoms with Crippen molar-refractivity contribution < 1.29 is 18.7 Å². The summed E-state index contributed by atoms with van der Waals surface area (Å²) < 4.78 is 17.9. The molecule has 6 nitrogen and oxygen atoms in total. The number of nitrogens with two attached hydrogens (primary N) is 1. The second-order valence-electron chi connectivity index (χ2n) is 5.42. The average molecular weight is 297 g/mol. The van der Waals surface area contributed by atoms with Gasteiger partial charge in [-0.05, 0) is 39.0 Å². The zero-order chi connectivity index (χ0) is 16.0. The molecule has 21 heavy (non-hydrogen) atoms. The molecule has 0 spiro atoms. The first-order valence-corrected chi connectivity index (χ1v) is 6.49. The molecule has 0 unspecified atom stereocenters. The summed E-state index contributed by atoms with van der Waals surface area (Å²) >= 11 is 0. The highest BCUT2D eigenvalue weighted by molar-refractivity contribution is 5.99. The molecular formula is C14H20FN3O3. The molecule has 0 fully saturated rings. The first-order valence-electron chi connectivity index (χ1n) is 6.49. The van der Waals surface area contributed by atoms with Crippen LogP contribution in [0.25, 0.3) is 0 Å². The van der Waals surface area contributed by atoms with Crippen LogP contribution in [0.1, 0.15) is 31.1 Å². The molecule has 0 saturated carbocycles. The van der Waals surface area contributed by atoms with E-state index >= 15 is 0 Å². The smallest absolute Gasteiger partial charge is 0.407 e. The van der Waals surface area contributed by atoms with Gasteiger partial charge in [0, 0.05) is 18.8 Å². The molecule has 1 aromatic rings. The Morgan fingerprint density at radius 2 is 1.86 bits per heavy atom. The van der Waals surface area contributed by atoms with E-state index in [0.717, 1.165) is 12.1 Å². The zero-order valence-electron chi connectivity index (χ0n) is 12.3. The summed E-state index contributed by atoms with van der Waals surface area (Å²) in [6.07, 6.45) is -0.557. The second-order valence-corrected chi connectivity index (χ2v) is 5.42. The van der Waals surface area contributed by atoms with Crippen LogP contribution >= 0.6 is 0 Å². The number of nitrogen functional groups attached to an aromatic ring is 1. The van der Waals surface area contributed by atoms with Crippen LogP contribution in [0.15, 0.2) is 18.2 Å². The fourth-order valence-corrected chi connectivity index (χ4v) is 1.49. The first kappa shape index (κ1) is 16.7. The number of hydrogen-bond donors (Lipinski definition) is 3. The van der Waals surface area contributed by atoms with Gasteiger partial charge in [-0.2, -0.15) is 0 Å². The van der Waals surface area contributed by atoms with Crippen molar-refractivity contribution in [3.05, 3.63) is 29.6 Å². The van der Waals surface area contributed by atoms with Crippen LogP contribution in [-0.4, -0.2) is 30.7 Å². The SMILES string of the molecule is CC(C)(C)OC(=O)NCCNC(=O)c1ccc(F)cc1N. The Morgan fingerprint density at radius 3 is 2.43 bits per heavy atom. The minimum atomic E-state index is -0.574. The maximum absolute atomic E-state index is 12.9. The van der Waals surface area contributed by atoms with Gasteiger partial charge < -0.3 is 21.1 Å². The predicted octanol–water partition coefficient (Wildman–Crippen LogP) is 1.66. The van der Waals surface area contributed by atoms with E-state index < -0.39 is 23.4 Å². The Labute approximate surface area is 122 Å². The number of nitrogens with one attached hydrogen (secondary N) is 2. The van der Waals surface area contributed by atoms with Gasteiger partial charge in [-0.15, -0.1) is 0 Å². The van der Waals surface area contributed by atoms with Crippen LogP contribution in [0.5, 0.6) is 0 Å².